The van der Waals surface area contributed by atoms with E-state index in [1.807, 2.05) is 49.3 Å². The van der Waals surface area contributed by atoms with Gasteiger partial charge >= 0.3 is 6.03 Å². The lowest BCUT2D eigenvalue weighted by Crippen LogP contribution is -2.39. The molecule has 0 unspecified atom stereocenters. The SMILES string of the molecule is CSC[C@@H](C)N(C)C(=O)Nc1cnn(Cc2ccccc2)c1. The summed E-state index contributed by atoms with van der Waals surface area (Å²) in [4.78, 5) is 13.9. The van der Waals surface area contributed by atoms with Crippen molar-refractivity contribution in [3.05, 3.63) is 48.3 Å². The van der Waals surface area contributed by atoms with Gasteiger partial charge in [-0.25, -0.2) is 4.79 Å². The summed E-state index contributed by atoms with van der Waals surface area (Å²) in [5.41, 5.74) is 1.89. The van der Waals surface area contributed by atoms with E-state index in [-0.39, 0.29) is 12.1 Å². The molecule has 0 aliphatic rings. The van der Waals surface area contributed by atoms with Crippen molar-refractivity contribution in [1.82, 2.24) is 14.7 Å². The van der Waals surface area contributed by atoms with Crippen molar-refractivity contribution in [2.75, 3.05) is 24.4 Å². The summed E-state index contributed by atoms with van der Waals surface area (Å²) in [6.45, 7) is 2.73. The number of nitrogens with one attached hydrogen (secondary N) is 1. The average molecular weight is 318 g/mol. The second-order valence-corrected chi connectivity index (χ2v) is 6.17. The van der Waals surface area contributed by atoms with Crippen molar-refractivity contribution < 1.29 is 4.79 Å². The second-order valence-electron chi connectivity index (χ2n) is 5.26. The van der Waals surface area contributed by atoms with Gasteiger partial charge in [-0.1, -0.05) is 30.3 Å². The first-order chi connectivity index (χ1) is 10.6. The van der Waals surface area contributed by atoms with Crippen LogP contribution in [0.25, 0.3) is 0 Å². The number of urea groups is 1. The topological polar surface area (TPSA) is 50.2 Å². The molecule has 6 heteroatoms. The van der Waals surface area contributed by atoms with Gasteiger partial charge in [-0.15, -0.1) is 0 Å². The van der Waals surface area contributed by atoms with Gasteiger partial charge in [-0.05, 0) is 18.7 Å². The fourth-order valence-electron chi connectivity index (χ4n) is 2.05. The van der Waals surface area contributed by atoms with E-state index >= 15 is 0 Å². The Labute approximate surface area is 135 Å². The molecule has 0 saturated carbocycles. The molecule has 0 spiro atoms. The van der Waals surface area contributed by atoms with Crippen LogP contribution >= 0.6 is 11.8 Å². The largest absolute Gasteiger partial charge is 0.324 e. The molecule has 1 aromatic heterocycles. The van der Waals surface area contributed by atoms with Crippen LogP contribution in [0.15, 0.2) is 42.7 Å². The third-order valence-electron chi connectivity index (χ3n) is 3.46. The Morgan fingerprint density at radius 2 is 2.14 bits per heavy atom. The number of hydrogen-bond donors (Lipinski definition) is 1. The van der Waals surface area contributed by atoms with Crippen molar-refractivity contribution in [2.45, 2.75) is 19.5 Å². The lowest BCUT2D eigenvalue weighted by molar-refractivity contribution is 0.212. The van der Waals surface area contributed by atoms with Crippen LogP contribution in [0, 0.1) is 0 Å². The molecule has 0 aliphatic heterocycles. The molecule has 1 atom stereocenters. The third-order valence-corrected chi connectivity index (χ3v) is 4.28. The molecule has 1 N–H and O–H groups in total. The Hall–Kier alpha value is -1.95. The van der Waals surface area contributed by atoms with Crippen LogP contribution < -0.4 is 5.32 Å². The molecule has 1 heterocycles. The number of benzene rings is 1. The summed E-state index contributed by atoms with van der Waals surface area (Å²) in [7, 11) is 1.81. The Kier molecular flexibility index (Phi) is 5.89. The van der Waals surface area contributed by atoms with Crippen LogP contribution in [0.2, 0.25) is 0 Å². The van der Waals surface area contributed by atoms with E-state index in [2.05, 4.69) is 22.5 Å². The highest BCUT2D eigenvalue weighted by molar-refractivity contribution is 7.98. The highest BCUT2D eigenvalue weighted by Gasteiger charge is 2.15. The first kappa shape index (κ1) is 16.4. The summed E-state index contributed by atoms with van der Waals surface area (Å²) >= 11 is 1.73. The normalized spacial score (nSPS) is 12.0. The quantitative estimate of drug-likeness (QED) is 0.890. The number of carbonyl (C=O) groups is 1. The minimum Gasteiger partial charge on any atom is -0.324 e. The van der Waals surface area contributed by atoms with Gasteiger partial charge in [-0.2, -0.15) is 16.9 Å². The van der Waals surface area contributed by atoms with Gasteiger partial charge in [0.1, 0.15) is 0 Å². The molecule has 0 bridgehead atoms. The monoisotopic (exact) mass is 318 g/mol. The number of rotatable bonds is 6. The molecule has 0 fully saturated rings. The molecule has 5 nitrogen and oxygen atoms in total. The first-order valence-corrected chi connectivity index (χ1v) is 8.58. The summed E-state index contributed by atoms with van der Waals surface area (Å²) < 4.78 is 1.82. The smallest absolute Gasteiger partial charge is 0.321 e. The maximum absolute atomic E-state index is 12.2. The van der Waals surface area contributed by atoms with Gasteiger partial charge in [0, 0.05) is 25.0 Å². The lowest BCUT2D eigenvalue weighted by Gasteiger charge is -2.24. The van der Waals surface area contributed by atoms with Crippen LogP contribution in [0.4, 0.5) is 10.5 Å². The minimum absolute atomic E-state index is 0.110. The summed E-state index contributed by atoms with van der Waals surface area (Å²) in [6, 6.07) is 10.2. The van der Waals surface area contributed by atoms with E-state index in [0.717, 1.165) is 5.75 Å². The average Bonchev–Trinajstić information content (AvgIpc) is 2.94. The van der Waals surface area contributed by atoms with Crippen LogP contribution in [0.5, 0.6) is 0 Å². The molecule has 2 rings (SSSR count). The van der Waals surface area contributed by atoms with E-state index in [0.29, 0.717) is 12.2 Å². The molecule has 0 aliphatic carbocycles. The predicted octanol–water partition coefficient (Wildman–Crippen LogP) is 3.15. The van der Waals surface area contributed by atoms with E-state index in [9.17, 15) is 4.79 Å². The lowest BCUT2D eigenvalue weighted by atomic mass is 10.2. The molecule has 0 radical (unpaired) electrons. The molecule has 0 saturated heterocycles. The summed E-state index contributed by atoms with van der Waals surface area (Å²) in [5.74, 6) is 0.914. The highest BCUT2D eigenvalue weighted by atomic mass is 32.2. The molecule has 2 aromatic rings. The molecule has 118 valence electrons. The number of thioether (sulfide) groups is 1. The third kappa shape index (κ3) is 4.53. The van der Waals surface area contributed by atoms with E-state index in [4.69, 9.17) is 0 Å². The number of nitrogens with zero attached hydrogens (tertiary/aromatic N) is 3. The molecule has 2 amide bonds. The van der Waals surface area contributed by atoms with Crippen molar-refractivity contribution in [3.8, 4) is 0 Å². The number of carbonyl (C=O) groups excluding carboxylic acids is 1. The van der Waals surface area contributed by atoms with Gasteiger partial charge in [0.15, 0.2) is 0 Å². The van der Waals surface area contributed by atoms with E-state index in [1.54, 1.807) is 22.9 Å². The second kappa shape index (κ2) is 7.89. The molecular formula is C16H22N4OS. The van der Waals surface area contributed by atoms with Gasteiger partial charge in [0.2, 0.25) is 0 Å². The van der Waals surface area contributed by atoms with Gasteiger partial charge in [0.05, 0.1) is 18.4 Å². The standard InChI is InChI=1S/C16H22N4OS/c1-13(12-22-3)19(2)16(21)18-15-9-17-20(11-15)10-14-7-5-4-6-8-14/h4-9,11,13H,10,12H2,1-3H3,(H,18,21)/t13-/m1/s1. The van der Waals surface area contributed by atoms with E-state index in [1.165, 1.54) is 5.56 Å². The van der Waals surface area contributed by atoms with Crippen molar-refractivity contribution in [1.29, 1.82) is 0 Å². The zero-order valence-corrected chi connectivity index (χ0v) is 14.0. The zero-order valence-electron chi connectivity index (χ0n) is 13.2. The fraction of sp³-hybridized carbons (Fsp3) is 0.375. The molecule has 22 heavy (non-hydrogen) atoms. The summed E-state index contributed by atoms with van der Waals surface area (Å²) in [5, 5.41) is 7.17. The number of aromatic nitrogens is 2. The van der Waals surface area contributed by atoms with Crippen molar-refractivity contribution in [3.63, 3.8) is 0 Å². The number of anilines is 1. The van der Waals surface area contributed by atoms with Crippen LogP contribution in [0.1, 0.15) is 12.5 Å². The molecular weight excluding hydrogens is 296 g/mol. The van der Waals surface area contributed by atoms with Gasteiger partial charge in [-0.3, -0.25) is 4.68 Å². The highest BCUT2D eigenvalue weighted by Crippen LogP contribution is 2.10. The Balaban J connectivity index is 1.93. The Bertz CT molecular complexity index is 599. The van der Waals surface area contributed by atoms with Crippen molar-refractivity contribution >= 4 is 23.5 Å². The zero-order chi connectivity index (χ0) is 15.9. The Morgan fingerprint density at radius 1 is 1.41 bits per heavy atom. The van der Waals surface area contributed by atoms with Gasteiger partial charge in [0.25, 0.3) is 0 Å². The molecule has 1 aromatic carbocycles. The van der Waals surface area contributed by atoms with Crippen LogP contribution in [-0.2, 0) is 6.54 Å². The summed E-state index contributed by atoms with van der Waals surface area (Å²) in [6.07, 6.45) is 5.56. The van der Waals surface area contributed by atoms with Crippen molar-refractivity contribution in [2.24, 2.45) is 0 Å². The maximum atomic E-state index is 12.2. The number of amides is 2. The van der Waals surface area contributed by atoms with Crippen LogP contribution in [-0.4, -0.2) is 45.8 Å². The fourth-order valence-corrected chi connectivity index (χ4v) is 2.76. The Morgan fingerprint density at radius 3 is 2.82 bits per heavy atom. The van der Waals surface area contributed by atoms with E-state index < -0.39 is 0 Å². The number of hydrogen-bond acceptors (Lipinski definition) is 3. The van der Waals surface area contributed by atoms with Crippen LogP contribution in [0.3, 0.4) is 0 Å². The maximum Gasteiger partial charge on any atom is 0.321 e. The van der Waals surface area contributed by atoms with Gasteiger partial charge < -0.3 is 10.2 Å². The predicted molar refractivity (Wildman–Crippen MR) is 92.4 cm³/mol. The first-order valence-electron chi connectivity index (χ1n) is 7.19. The minimum atomic E-state index is -0.110.